The Labute approximate surface area is 253 Å². The van der Waals surface area contributed by atoms with Gasteiger partial charge >= 0.3 is 0 Å². The SMILES string of the molecule is COCCCS(=O)(=O)c1ccc(/C(=N\OCc2ccn(C)n2)C(=O)Nc2nc3ccc(O[C@H]4CCN(C)C4)nc3s2)cc1. The number of nitrogens with one attached hydrogen (secondary N) is 1. The van der Waals surface area contributed by atoms with Crippen LogP contribution in [0.3, 0.4) is 0 Å². The third kappa shape index (κ3) is 7.93. The van der Waals surface area contributed by atoms with Gasteiger partial charge in [0, 0.05) is 51.7 Å². The van der Waals surface area contributed by atoms with E-state index < -0.39 is 15.7 Å². The number of anilines is 1. The quantitative estimate of drug-likeness (QED) is 0.133. The number of oxime groups is 1. The van der Waals surface area contributed by atoms with Crippen molar-refractivity contribution in [3.63, 3.8) is 0 Å². The van der Waals surface area contributed by atoms with Gasteiger partial charge in [-0.2, -0.15) is 5.10 Å². The number of thiazole rings is 1. The largest absolute Gasteiger partial charge is 0.473 e. The molecule has 1 aliphatic rings. The number of methoxy groups -OCH3 is 1. The van der Waals surface area contributed by atoms with E-state index in [2.05, 4.69) is 37.5 Å². The molecular weight excluding hydrogens is 594 g/mol. The van der Waals surface area contributed by atoms with Crippen LogP contribution in [-0.2, 0) is 37.9 Å². The Balaban J connectivity index is 1.34. The maximum absolute atomic E-state index is 13.5. The first kappa shape index (κ1) is 30.5. The molecule has 0 unspecified atom stereocenters. The van der Waals surface area contributed by atoms with E-state index in [1.165, 1.54) is 42.7 Å². The van der Waals surface area contributed by atoms with Gasteiger partial charge in [-0.1, -0.05) is 28.6 Å². The molecule has 228 valence electrons. The number of rotatable bonds is 13. The molecule has 43 heavy (non-hydrogen) atoms. The molecular formula is C28H33N7O6S2. The number of benzene rings is 1. The van der Waals surface area contributed by atoms with Crippen LogP contribution in [0.15, 0.2) is 58.7 Å². The molecule has 4 aromatic rings. The van der Waals surface area contributed by atoms with Crippen LogP contribution in [0.5, 0.6) is 5.88 Å². The molecule has 15 heteroatoms. The van der Waals surface area contributed by atoms with E-state index >= 15 is 0 Å². The fraction of sp³-hybridized carbons (Fsp3) is 0.393. The lowest BCUT2D eigenvalue weighted by molar-refractivity contribution is -0.110. The molecule has 1 aromatic carbocycles. The highest BCUT2D eigenvalue weighted by Gasteiger charge is 2.23. The molecule has 1 amide bonds. The van der Waals surface area contributed by atoms with Gasteiger partial charge in [-0.05, 0) is 44.2 Å². The molecule has 5 rings (SSSR count). The van der Waals surface area contributed by atoms with E-state index in [0.717, 1.165) is 19.5 Å². The van der Waals surface area contributed by atoms with E-state index in [1.54, 1.807) is 36.1 Å². The summed E-state index contributed by atoms with van der Waals surface area (Å²) >= 11 is 1.21. The van der Waals surface area contributed by atoms with Crippen molar-refractivity contribution >= 4 is 48.3 Å². The Morgan fingerprint density at radius 3 is 2.65 bits per heavy atom. The Kier molecular flexibility index (Phi) is 9.65. The van der Waals surface area contributed by atoms with Crippen molar-refractivity contribution in [2.75, 3.05) is 44.9 Å². The predicted octanol–water partition coefficient (Wildman–Crippen LogP) is 2.88. The molecule has 0 radical (unpaired) electrons. The van der Waals surface area contributed by atoms with Crippen LogP contribution in [0.2, 0.25) is 0 Å². The van der Waals surface area contributed by atoms with Gasteiger partial charge in [0.25, 0.3) is 5.91 Å². The highest BCUT2D eigenvalue weighted by atomic mass is 32.2. The van der Waals surface area contributed by atoms with Crippen LogP contribution in [0.25, 0.3) is 10.3 Å². The summed E-state index contributed by atoms with van der Waals surface area (Å²) in [4.78, 5) is 31.0. The summed E-state index contributed by atoms with van der Waals surface area (Å²) in [6.45, 7) is 2.20. The van der Waals surface area contributed by atoms with E-state index in [1.807, 2.05) is 0 Å². The highest BCUT2D eigenvalue weighted by molar-refractivity contribution is 7.91. The number of nitrogens with zero attached hydrogens (tertiary/aromatic N) is 6. The first-order chi connectivity index (χ1) is 20.7. The number of likely N-dealkylation sites (tertiary alicyclic amines) is 1. The first-order valence-electron chi connectivity index (χ1n) is 13.6. The molecule has 0 aliphatic carbocycles. The number of pyridine rings is 1. The number of aromatic nitrogens is 4. The van der Waals surface area contributed by atoms with Crippen molar-refractivity contribution < 1.29 is 27.5 Å². The maximum Gasteiger partial charge on any atom is 0.280 e. The summed E-state index contributed by atoms with van der Waals surface area (Å²) in [6, 6.07) is 11.3. The number of likely N-dealkylation sites (N-methyl/N-ethyl adjacent to an activating group) is 1. The summed E-state index contributed by atoms with van der Waals surface area (Å²) < 4.78 is 38.0. The molecule has 1 fully saturated rings. The topological polar surface area (TPSA) is 150 Å². The zero-order valence-electron chi connectivity index (χ0n) is 24.1. The van der Waals surface area contributed by atoms with Gasteiger partial charge in [0.1, 0.15) is 22.1 Å². The number of hydrogen-bond acceptors (Lipinski definition) is 12. The minimum absolute atomic E-state index is 0.0359. The van der Waals surface area contributed by atoms with Gasteiger partial charge in [0.05, 0.1) is 10.6 Å². The summed E-state index contributed by atoms with van der Waals surface area (Å²) in [5.41, 5.74) is 1.55. The minimum Gasteiger partial charge on any atom is -0.473 e. The molecule has 1 atom stereocenters. The number of amides is 1. The minimum atomic E-state index is -3.51. The molecule has 13 nitrogen and oxygen atoms in total. The van der Waals surface area contributed by atoms with Crippen LogP contribution >= 0.6 is 11.3 Å². The number of carbonyl (C=O) groups excluding carboxylic acids is 1. The zero-order valence-corrected chi connectivity index (χ0v) is 25.7. The highest BCUT2D eigenvalue weighted by Crippen LogP contribution is 2.27. The number of sulfone groups is 1. The van der Waals surface area contributed by atoms with E-state index in [0.29, 0.717) is 45.6 Å². The Morgan fingerprint density at radius 1 is 1.14 bits per heavy atom. The van der Waals surface area contributed by atoms with Crippen molar-refractivity contribution in [1.82, 2.24) is 24.6 Å². The van der Waals surface area contributed by atoms with Gasteiger partial charge < -0.3 is 19.2 Å². The third-order valence-corrected chi connectivity index (χ3v) is 9.38. The fourth-order valence-electron chi connectivity index (χ4n) is 4.50. The fourth-order valence-corrected chi connectivity index (χ4v) is 6.61. The van der Waals surface area contributed by atoms with Crippen molar-refractivity contribution in [2.24, 2.45) is 12.2 Å². The smallest absolute Gasteiger partial charge is 0.280 e. The maximum atomic E-state index is 13.5. The second-order valence-corrected chi connectivity index (χ2v) is 13.2. The van der Waals surface area contributed by atoms with Crippen LogP contribution in [-0.4, -0.2) is 90.4 Å². The molecule has 4 heterocycles. The van der Waals surface area contributed by atoms with Gasteiger partial charge in [0.2, 0.25) is 5.88 Å². The second kappa shape index (κ2) is 13.6. The molecule has 0 bridgehead atoms. The molecule has 1 saturated heterocycles. The standard InChI is InChI=1S/C28H33N7O6S2/c1-34-13-12-21(17-34)41-24-10-9-23-27(30-24)42-28(29-23)31-26(36)25(33-40-18-20-11-14-35(2)32-20)19-5-7-22(8-6-19)43(37,38)16-4-15-39-3/h5-11,14,21H,4,12-13,15-18H2,1-3H3,(H,29,31,36)/b33-25+/t21-/m0/s1. The summed E-state index contributed by atoms with van der Waals surface area (Å²) in [5, 5.41) is 11.5. The van der Waals surface area contributed by atoms with Crippen LogP contribution in [0, 0.1) is 0 Å². The number of carbonyl (C=O) groups is 1. The predicted molar refractivity (Wildman–Crippen MR) is 162 cm³/mol. The van der Waals surface area contributed by atoms with Crippen LogP contribution < -0.4 is 10.1 Å². The monoisotopic (exact) mass is 627 g/mol. The molecule has 3 aromatic heterocycles. The van der Waals surface area contributed by atoms with Crippen molar-refractivity contribution in [3.05, 3.63) is 59.9 Å². The van der Waals surface area contributed by atoms with Crippen molar-refractivity contribution in [1.29, 1.82) is 0 Å². The molecule has 1 aliphatic heterocycles. The second-order valence-electron chi connectivity index (χ2n) is 10.1. The lowest BCUT2D eigenvalue weighted by Crippen LogP contribution is -2.24. The number of ether oxygens (including phenoxy) is 2. The average molecular weight is 628 g/mol. The van der Waals surface area contributed by atoms with Crippen molar-refractivity contribution in [3.8, 4) is 5.88 Å². The van der Waals surface area contributed by atoms with Crippen LogP contribution in [0.1, 0.15) is 24.1 Å². The number of fused-ring (bicyclic) bond motifs is 1. The number of aryl methyl sites for hydroxylation is 1. The average Bonchev–Trinajstić information content (AvgIpc) is 3.70. The van der Waals surface area contributed by atoms with Crippen molar-refractivity contribution in [2.45, 2.75) is 30.4 Å². The van der Waals surface area contributed by atoms with E-state index in [-0.39, 0.29) is 29.1 Å². The number of hydrogen-bond donors (Lipinski definition) is 1. The molecule has 0 spiro atoms. The lowest BCUT2D eigenvalue weighted by Gasteiger charge is -2.12. The molecule has 1 N–H and O–H groups in total. The van der Waals surface area contributed by atoms with Gasteiger partial charge in [-0.25, -0.2) is 18.4 Å². The third-order valence-electron chi connectivity index (χ3n) is 6.69. The Morgan fingerprint density at radius 2 is 1.95 bits per heavy atom. The summed E-state index contributed by atoms with van der Waals surface area (Å²) in [7, 11) is 1.85. The lowest BCUT2D eigenvalue weighted by atomic mass is 10.1. The zero-order chi connectivity index (χ0) is 30.4. The van der Waals surface area contributed by atoms with E-state index in [4.69, 9.17) is 14.3 Å². The Bertz CT molecular complexity index is 1700. The normalized spacial score (nSPS) is 16.1. The summed E-state index contributed by atoms with van der Waals surface area (Å²) in [5.74, 6) is -0.122. The van der Waals surface area contributed by atoms with Gasteiger partial charge in [-0.3, -0.25) is 14.8 Å². The Hall–Kier alpha value is -3.92. The van der Waals surface area contributed by atoms with Gasteiger partial charge in [-0.15, -0.1) is 0 Å². The first-order valence-corrected chi connectivity index (χ1v) is 16.1. The van der Waals surface area contributed by atoms with E-state index in [9.17, 15) is 13.2 Å². The van der Waals surface area contributed by atoms with Crippen LogP contribution in [0.4, 0.5) is 5.13 Å². The summed E-state index contributed by atoms with van der Waals surface area (Å²) in [6.07, 6.45) is 3.16. The molecule has 0 saturated carbocycles. The van der Waals surface area contributed by atoms with Gasteiger partial charge in [0.15, 0.2) is 27.3 Å².